The van der Waals surface area contributed by atoms with E-state index >= 15 is 0 Å². The predicted molar refractivity (Wildman–Crippen MR) is 87.8 cm³/mol. The van der Waals surface area contributed by atoms with Gasteiger partial charge in [-0.1, -0.05) is 23.8 Å². The van der Waals surface area contributed by atoms with E-state index in [2.05, 4.69) is 25.9 Å². The Morgan fingerprint density at radius 2 is 1.82 bits per heavy atom. The lowest BCUT2D eigenvalue weighted by Crippen LogP contribution is -2.20. The molecule has 0 atom stereocenters. The van der Waals surface area contributed by atoms with Crippen LogP contribution in [-0.4, -0.2) is 14.1 Å². The first-order valence-corrected chi connectivity index (χ1v) is 8.65. The van der Waals surface area contributed by atoms with Crippen LogP contribution >= 0.6 is 15.9 Å². The molecular weight excluding hydrogens is 371 g/mol. The maximum atomic E-state index is 13.2. The van der Waals surface area contributed by atoms with Gasteiger partial charge in [-0.2, -0.15) is 18.4 Å². The molecule has 7 heteroatoms. The third-order valence-corrected chi connectivity index (χ3v) is 4.83. The van der Waals surface area contributed by atoms with Crippen molar-refractivity contribution in [1.82, 2.24) is 4.83 Å². The summed E-state index contributed by atoms with van der Waals surface area (Å²) in [5.41, 5.74) is 2.01. The van der Waals surface area contributed by atoms with Crippen molar-refractivity contribution in [3.63, 3.8) is 0 Å². The van der Waals surface area contributed by atoms with E-state index in [9.17, 15) is 12.8 Å². The Morgan fingerprint density at radius 1 is 1.18 bits per heavy atom. The highest BCUT2D eigenvalue weighted by Crippen LogP contribution is 2.17. The SMILES string of the molecule is C/C(=N\NS(=O)(=O)c1ccc(C)cc1)c1ccc(F)c(Br)c1. The Hall–Kier alpha value is -1.73. The summed E-state index contributed by atoms with van der Waals surface area (Å²) in [5, 5.41) is 3.87. The summed E-state index contributed by atoms with van der Waals surface area (Å²) in [4.78, 5) is 2.31. The van der Waals surface area contributed by atoms with Gasteiger partial charge in [-0.3, -0.25) is 0 Å². The van der Waals surface area contributed by atoms with E-state index in [0.717, 1.165) is 5.56 Å². The maximum absolute atomic E-state index is 13.2. The van der Waals surface area contributed by atoms with Gasteiger partial charge in [-0.15, -0.1) is 0 Å². The summed E-state index contributed by atoms with van der Waals surface area (Å²) < 4.78 is 37.7. The summed E-state index contributed by atoms with van der Waals surface area (Å²) in [7, 11) is -3.72. The first-order valence-electron chi connectivity index (χ1n) is 6.38. The van der Waals surface area contributed by atoms with Gasteiger partial charge in [-0.25, -0.2) is 4.39 Å². The minimum atomic E-state index is -3.72. The van der Waals surface area contributed by atoms with Crippen LogP contribution < -0.4 is 4.83 Å². The van der Waals surface area contributed by atoms with Crippen molar-refractivity contribution in [2.24, 2.45) is 5.10 Å². The van der Waals surface area contributed by atoms with Crippen molar-refractivity contribution < 1.29 is 12.8 Å². The number of benzene rings is 2. The van der Waals surface area contributed by atoms with Crippen LogP contribution in [-0.2, 0) is 10.0 Å². The van der Waals surface area contributed by atoms with E-state index in [1.807, 2.05) is 6.92 Å². The average molecular weight is 385 g/mol. The molecule has 0 fully saturated rings. The monoisotopic (exact) mass is 384 g/mol. The molecule has 0 aliphatic carbocycles. The molecule has 2 aromatic rings. The van der Waals surface area contributed by atoms with E-state index in [4.69, 9.17) is 0 Å². The van der Waals surface area contributed by atoms with Crippen LogP contribution in [0.25, 0.3) is 0 Å². The van der Waals surface area contributed by atoms with Gasteiger partial charge in [0.15, 0.2) is 0 Å². The molecule has 0 aliphatic heterocycles. The third kappa shape index (κ3) is 3.92. The van der Waals surface area contributed by atoms with Gasteiger partial charge in [0.2, 0.25) is 0 Å². The molecule has 0 aliphatic rings. The molecule has 4 nitrogen and oxygen atoms in total. The zero-order valence-corrected chi connectivity index (χ0v) is 14.4. The third-order valence-electron chi connectivity index (χ3n) is 3.00. The highest BCUT2D eigenvalue weighted by atomic mass is 79.9. The number of hydrazone groups is 1. The van der Waals surface area contributed by atoms with Crippen molar-refractivity contribution in [1.29, 1.82) is 0 Å². The van der Waals surface area contributed by atoms with E-state index in [-0.39, 0.29) is 4.90 Å². The normalized spacial score (nSPS) is 12.3. The molecular formula is C15H14BrFN2O2S. The van der Waals surface area contributed by atoms with Gasteiger partial charge in [0.05, 0.1) is 15.1 Å². The summed E-state index contributed by atoms with van der Waals surface area (Å²) in [6.07, 6.45) is 0. The fourth-order valence-corrected chi connectivity index (χ4v) is 2.92. The summed E-state index contributed by atoms with van der Waals surface area (Å²) >= 11 is 3.08. The van der Waals surface area contributed by atoms with Crippen LogP contribution in [0.1, 0.15) is 18.1 Å². The summed E-state index contributed by atoms with van der Waals surface area (Å²) in [5.74, 6) is -0.392. The van der Waals surface area contributed by atoms with E-state index in [0.29, 0.717) is 15.7 Å². The second-order valence-corrected chi connectivity index (χ2v) is 7.25. The number of rotatable bonds is 4. The van der Waals surface area contributed by atoms with E-state index < -0.39 is 15.8 Å². The van der Waals surface area contributed by atoms with Crippen molar-refractivity contribution in [3.05, 3.63) is 63.9 Å². The Bertz CT molecular complexity index is 818. The number of sulfonamides is 1. The highest BCUT2D eigenvalue weighted by Gasteiger charge is 2.12. The van der Waals surface area contributed by atoms with E-state index in [1.54, 1.807) is 19.1 Å². The van der Waals surface area contributed by atoms with Crippen LogP contribution in [0.3, 0.4) is 0 Å². The molecule has 22 heavy (non-hydrogen) atoms. The standard InChI is InChI=1S/C15H14BrFN2O2S/c1-10-3-6-13(7-4-10)22(20,21)19-18-11(2)12-5-8-15(17)14(16)9-12/h3-9,19H,1-2H3/b18-11+. The molecule has 0 amide bonds. The van der Waals surface area contributed by atoms with Crippen LogP contribution in [0, 0.1) is 12.7 Å². The van der Waals surface area contributed by atoms with Crippen molar-refractivity contribution in [3.8, 4) is 0 Å². The number of hydrogen-bond donors (Lipinski definition) is 1. The van der Waals surface area contributed by atoms with Crippen LogP contribution in [0.5, 0.6) is 0 Å². The Kier molecular flexibility index (Phi) is 4.97. The van der Waals surface area contributed by atoms with Gasteiger partial charge in [0.25, 0.3) is 10.0 Å². The largest absolute Gasteiger partial charge is 0.276 e. The number of hydrogen-bond acceptors (Lipinski definition) is 3. The highest BCUT2D eigenvalue weighted by molar-refractivity contribution is 9.10. The van der Waals surface area contributed by atoms with Crippen LogP contribution in [0.2, 0.25) is 0 Å². The molecule has 116 valence electrons. The molecule has 1 N–H and O–H groups in total. The Labute approximate surface area is 137 Å². The second-order valence-electron chi connectivity index (χ2n) is 4.73. The van der Waals surface area contributed by atoms with Gasteiger partial charge >= 0.3 is 0 Å². The molecule has 0 spiro atoms. The molecule has 0 saturated heterocycles. The zero-order valence-electron chi connectivity index (χ0n) is 12.0. The van der Waals surface area contributed by atoms with Gasteiger partial charge in [0, 0.05) is 0 Å². The fraction of sp³-hybridized carbons (Fsp3) is 0.133. The molecule has 2 rings (SSSR count). The zero-order chi connectivity index (χ0) is 16.3. The molecule has 0 radical (unpaired) electrons. The summed E-state index contributed by atoms with van der Waals surface area (Å²) in [6.45, 7) is 3.51. The molecule has 0 unspecified atom stereocenters. The van der Waals surface area contributed by atoms with Crippen molar-refractivity contribution >= 4 is 31.7 Å². The van der Waals surface area contributed by atoms with Crippen LogP contribution in [0.4, 0.5) is 4.39 Å². The quantitative estimate of drug-likeness (QED) is 0.646. The first-order chi connectivity index (χ1) is 10.3. The minimum absolute atomic E-state index is 0.134. The van der Waals surface area contributed by atoms with Crippen LogP contribution in [0.15, 0.2) is 56.9 Å². The van der Waals surface area contributed by atoms with Gasteiger partial charge in [0.1, 0.15) is 5.82 Å². The lowest BCUT2D eigenvalue weighted by molar-refractivity contribution is 0.584. The molecule has 2 aromatic carbocycles. The lowest BCUT2D eigenvalue weighted by atomic mass is 10.1. The Balaban J connectivity index is 2.22. The fourth-order valence-electron chi connectivity index (χ4n) is 1.68. The minimum Gasteiger partial charge on any atom is -0.206 e. The molecule has 0 aromatic heterocycles. The van der Waals surface area contributed by atoms with Gasteiger partial charge in [-0.05, 0) is 59.6 Å². The Morgan fingerprint density at radius 3 is 2.41 bits per heavy atom. The number of nitrogens with one attached hydrogen (secondary N) is 1. The second kappa shape index (κ2) is 6.58. The molecule has 0 bridgehead atoms. The van der Waals surface area contributed by atoms with Crippen molar-refractivity contribution in [2.75, 3.05) is 0 Å². The summed E-state index contributed by atoms with van der Waals surface area (Å²) in [6, 6.07) is 10.8. The first kappa shape index (κ1) is 16.6. The maximum Gasteiger partial charge on any atom is 0.276 e. The average Bonchev–Trinajstić information content (AvgIpc) is 2.48. The number of halogens is 2. The smallest absolute Gasteiger partial charge is 0.206 e. The predicted octanol–water partition coefficient (Wildman–Crippen LogP) is 3.60. The van der Waals surface area contributed by atoms with E-state index in [1.165, 1.54) is 30.3 Å². The topological polar surface area (TPSA) is 58.5 Å². The van der Waals surface area contributed by atoms with Gasteiger partial charge < -0.3 is 0 Å². The number of nitrogens with zero attached hydrogens (tertiary/aromatic N) is 1. The number of aryl methyl sites for hydroxylation is 1. The molecule has 0 saturated carbocycles. The lowest BCUT2D eigenvalue weighted by Gasteiger charge is -2.06. The molecule has 0 heterocycles. The van der Waals surface area contributed by atoms with Crippen molar-refractivity contribution in [2.45, 2.75) is 18.7 Å².